The minimum absolute atomic E-state index is 0.0119. The number of rotatable bonds is 7. The van der Waals surface area contributed by atoms with Gasteiger partial charge in [0.05, 0.1) is 12.8 Å². The maximum Gasteiger partial charge on any atom is 0.410 e. The van der Waals surface area contributed by atoms with Crippen molar-refractivity contribution in [1.29, 1.82) is 0 Å². The Hall–Kier alpha value is -2.25. The van der Waals surface area contributed by atoms with Crippen LogP contribution in [0.5, 0.6) is 5.88 Å². The van der Waals surface area contributed by atoms with E-state index < -0.39 is 5.60 Å². The lowest BCUT2D eigenvalue weighted by atomic mass is 9.54. The van der Waals surface area contributed by atoms with E-state index in [1.165, 1.54) is 64.2 Å². The highest BCUT2D eigenvalue weighted by molar-refractivity contribution is 5.96. The molecule has 6 fully saturated rings. The molecule has 1 aromatic heterocycles. The van der Waals surface area contributed by atoms with Crippen molar-refractivity contribution in [2.24, 2.45) is 35.5 Å². The molecule has 8 nitrogen and oxygen atoms in total. The molecule has 222 valence electrons. The smallest absolute Gasteiger partial charge is 0.410 e. The lowest BCUT2D eigenvalue weighted by Crippen LogP contribution is -2.55. The lowest BCUT2D eigenvalue weighted by molar-refractivity contribution is -0.0120. The number of aromatic nitrogens is 2. The Kier molecular flexibility index (Phi) is 8.06. The topological polar surface area (TPSA) is 85.7 Å². The fraction of sp³-hybridized carbons (Fsp3) is 0.844. The number of nitrogens with zero attached hydrogens (tertiary/aromatic N) is 3. The van der Waals surface area contributed by atoms with Crippen molar-refractivity contribution in [1.82, 2.24) is 20.0 Å². The first-order valence-corrected chi connectivity index (χ1v) is 16.2. The van der Waals surface area contributed by atoms with Gasteiger partial charge in [-0.2, -0.15) is 5.10 Å². The summed E-state index contributed by atoms with van der Waals surface area (Å²) in [5, 5.41) is 8.19. The summed E-state index contributed by atoms with van der Waals surface area (Å²) in [5.74, 6) is 4.59. The van der Waals surface area contributed by atoms with E-state index in [9.17, 15) is 9.59 Å². The molecule has 40 heavy (non-hydrogen) atoms. The minimum atomic E-state index is -0.485. The van der Waals surface area contributed by atoms with E-state index in [1.54, 1.807) is 6.20 Å². The molecule has 5 saturated carbocycles. The van der Waals surface area contributed by atoms with Gasteiger partial charge in [0.15, 0.2) is 0 Å². The summed E-state index contributed by atoms with van der Waals surface area (Å²) in [6, 6.07) is 0.298. The summed E-state index contributed by atoms with van der Waals surface area (Å²) in [5.41, 5.74) is 0.108. The largest absolute Gasteiger partial charge is 0.477 e. The molecule has 7 rings (SSSR count). The number of hydrogen-bond acceptors (Lipinski definition) is 5. The van der Waals surface area contributed by atoms with Crippen molar-refractivity contribution < 1.29 is 19.1 Å². The van der Waals surface area contributed by atoms with Gasteiger partial charge in [-0.15, -0.1) is 0 Å². The second-order valence-electron chi connectivity index (χ2n) is 14.7. The molecule has 1 N–H and O–H groups in total. The quantitative estimate of drug-likeness (QED) is 0.444. The summed E-state index contributed by atoms with van der Waals surface area (Å²) in [6.07, 6.45) is 16.1. The monoisotopic (exact) mass is 554 g/mol. The van der Waals surface area contributed by atoms with Crippen molar-refractivity contribution in [2.45, 2.75) is 116 Å². The minimum Gasteiger partial charge on any atom is -0.477 e. The number of carbonyl (C=O) groups is 2. The molecule has 1 saturated heterocycles. The van der Waals surface area contributed by atoms with Crippen LogP contribution < -0.4 is 10.1 Å². The van der Waals surface area contributed by atoms with Crippen LogP contribution in [0.1, 0.15) is 108 Å². The molecule has 0 atom stereocenters. The molecule has 5 aliphatic carbocycles. The predicted molar refractivity (Wildman–Crippen MR) is 153 cm³/mol. The first-order valence-electron chi connectivity index (χ1n) is 16.2. The summed E-state index contributed by atoms with van der Waals surface area (Å²) < 4.78 is 14.0. The second kappa shape index (κ2) is 11.6. The van der Waals surface area contributed by atoms with Crippen molar-refractivity contribution in [3.05, 3.63) is 11.8 Å². The van der Waals surface area contributed by atoms with Gasteiger partial charge in [-0.25, -0.2) is 9.48 Å². The van der Waals surface area contributed by atoms with Crippen LogP contribution in [-0.4, -0.2) is 58.0 Å². The van der Waals surface area contributed by atoms with Crippen LogP contribution in [0.4, 0.5) is 4.79 Å². The SMILES string of the molecule is CC(C)(C)OC(=O)N1CCC(Cn2ncc(C(=O)NC3C4CC5CC(C4)CC3C5)c2OCC2CCCCC2)CC1. The lowest BCUT2D eigenvalue weighted by Gasteiger charge is -2.54. The van der Waals surface area contributed by atoms with E-state index in [2.05, 4.69) is 5.32 Å². The van der Waals surface area contributed by atoms with Gasteiger partial charge in [0.2, 0.25) is 5.88 Å². The molecule has 2 heterocycles. The van der Waals surface area contributed by atoms with E-state index in [1.807, 2.05) is 30.4 Å². The molecule has 0 aromatic carbocycles. The first kappa shape index (κ1) is 27.9. The summed E-state index contributed by atoms with van der Waals surface area (Å²) in [7, 11) is 0. The maximum atomic E-state index is 13.7. The fourth-order valence-electron chi connectivity index (χ4n) is 8.62. The van der Waals surface area contributed by atoms with E-state index in [0.29, 0.717) is 67.4 Å². The van der Waals surface area contributed by atoms with Crippen molar-refractivity contribution in [2.75, 3.05) is 19.7 Å². The van der Waals surface area contributed by atoms with Crippen LogP contribution in [0.3, 0.4) is 0 Å². The van der Waals surface area contributed by atoms with Crippen LogP contribution in [0.25, 0.3) is 0 Å². The van der Waals surface area contributed by atoms with Gasteiger partial charge in [-0.1, -0.05) is 19.3 Å². The van der Waals surface area contributed by atoms with E-state index >= 15 is 0 Å². The van der Waals surface area contributed by atoms with Gasteiger partial charge < -0.3 is 19.7 Å². The van der Waals surface area contributed by atoms with Crippen molar-refractivity contribution in [3.63, 3.8) is 0 Å². The zero-order valence-electron chi connectivity index (χ0n) is 24.9. The molecule has 1 aromatic rings. The van der Waals surface area contributed by atoms with Crippen LogP contribution in [0.15, 0.2) is 6.20 Å². The molecule has 2 amide bonds. The van der Waals surface area contributed by atoms with E-state index in [4.69, 9.17) is 14.6 Å². The van der Waals surface area contributed by atoms with Gasteiger partial charge in [-0.05, 0) is 114 Å². The van der Waals surface area contributed by atoms with Gasteiger partial charge >= 0.3 is 6.09 Å². The van der Waals surface area contributed by atoms with E-state index in [-0.39, 0.29) is 12.0 Å². The average Bonchev–Trinajstić information content (AvgIpc) is 3.31. The third-order valence-corrected chi connectivity index (χ3v) is 10.4. The Morgan fingerprint density at radius 1 is 0.925 bits per heavy atom. The number of carbonyl (C=O) groups excluding carboxylic acids is 2. The molecule has 0 spiro atoms. The highest BCUT2D eigenvalue weighted by atomic mass is 16.6. The Morgan fingerprint density at radius 3 is 2.20 bits per heavy atom. The molecule has 0 unspecified atom stereocenters. The second-order valence-corrected chi connectivity index (χ2v) is 14.7. The van der Waals surface area contributed by atoms with Crippen LogP contribution in [0.2, 0.25) is 0 Å². The molecular formula is C32H50N4O4. The number of nitrogens with one attached hydrogen (secondary N) is 1. The highest BCUT2D eigenvalue weighted by Gasteiger charge is 2.49. The zero-order chi connectivity index (χ0) is 27.9. The summed E-state index contributed by atoms with van der Waals surface area (Å²) >= 11 is 0. The van der Waals surface area contributed by atoms with Crippen molar-refractivity contribution in [3.8, 4) is 5.88 Å². The third-order valence-electron chi connectivity index (χ3n) is 10.4. The van der Waals surface area contributed by atoms with Gasteiger partial charge in [0, 0.05) is 25.7 Å². The molecule has 1 aliphatic heterocycles. The number of amides is 2. The normalized spacial score (nSPS) is 30.9. The highest BCUT2D eigenvalue weighted by Crippen LogP contribution is 2.53. The standard InChI is InChI=1S/C32H50N4O4/c1-32(2,3)40-31(38)35-11-9-21(10-12-35)19-36-30(39-20-22-7-5-4-6-8-22)27(18-33-36)29(37)34-28-25-14-23-13-24(16-25)17-26(28)15-23/h18,21-26,28H,4-17,19-20H2,1-3H3,(H,34,37). The maximum absolute atomic E-state index is 13.7. The van der Waals surface area contributed by atoms with Crippen LogP contribution >= 0.6 is 0 Å². The Bertz CT molecular complexity index is 1020. The van der Waals surface area contributed by atoms with Crippen LogP contribution in [0, 0.1) is 35.5 Å². The van der Waals surface area contributed by atoms with Crippen molar-refractivity contribution >= 4 is 12.0 Å². The third kappa shape index (κ3) is 6.30. The zero-order valence-corrected chi connectivity index (χ0v) is 24.9. The number of piperidine rings is 1. The number of hydrogen-bond donors (Lipinski definition) is 1. The number of ether oxygens (including phenoxy) is 2. The Balaban J connectivity index is 1.12. The number of likely N-dealkylation sites (tertiary alicyclic amines) is 1. The molecule has 8 heteroatoms. The molecule has 6 aliphatic rings. The Labute approximate surface area is 239 Å². The van der Waals surface area contributed by atoms with Gasteiger partial charge in [-0.3, -0.25) is 4.79 Å². The van der Waals surface area contributed by atoms with E-state index in [0.717, 1.165) is 24.7 Å². The van der Waals surface area contributed by atoms with Crippen LogP contribution in [-0.2, 0) is 11.3 Å². The molecular weight excluding hydrogens is 504 g/mol. The molecule has 4 bridgehead atoms. The first-order chi connectivity index (χ1) is 19.2. The average molecular weight is 555 g/mol. The fourth-order valence-corrected chi connectivity index (χ4v) is 8.62. The summed E-state index contributed by atoms with van der Waals surface area (Å²) in [6.45, 7) is 8.43. The molecule has 0 radical (unpaired) electrons. The predicted octanol–water partition coefficient (Wildman–Crippen LogP) is 6.04. The Morgan fingerprint density at radius 2 is 1.57 bits per heavy atom. The van der Waals surface area contributed by atoms with Gasteiger partial charge in [0.25, 0.3) is 5.91 Å². The summed E-state index contributed by atoms with van der Waals surface area (Å²) in [4.78, 5) is 28.1. The van der Waals surface area contributed by atoms with Gasteiger partial charge in [0.1, 0.15) is 11.2 Å².